The Hall–Kier alpha value is -3.74. The van der Waals surface area contributed by atoms with E-state index in [0.717, 1.165) is 11.4 Å². The van der Waals surface area contributed by atoms with Crippen LogP contribution in [0.25, 0.3) is 0 Å². The number of anilines is 3. The molecule has 0 saturated heterocycles. The van der Waals surface area contributed by atoms with E-state index in [4.69, 9.17) is 14.2 Å². The molecule has 1 amide bonds. The normalized spacial score (nSPS) is 11.7. The zero-order valence-corrected chi connectivity index (χ0v) is 14.6. The van der Waals surface area contributed by atoms with Crippen LogP contribution in [0, 0.1) is 0 Å². The number of benzene rings is 2. The highest BCUT2D eigenvalue weighted by Gasteiger charge is 2.14. The standard InChI is InChI=1S/C20H17N3O4/c1-25-16-4-2-3-13(9-16)23-20(24)17-10-15(7-8-21-17)22-14-5-6-18-19(11-14)27-12-26-18/h2-11H,12H2,1H3,(H,21,22)(H,23,24). The van der Waals surface area contributed by atoms with Gasteiger partial charge in [-0.3, -0.25) is 9.78 Å². The van der Waals surface area contributed by atoms with Crippen LogP contribution in [0.5, 0.6) is 17.2 Å². The van der Waals surface area contributed by atoms with Gasteiger partial charge < -0.3 is 24.8 Å². The van der Waals surface area contributed by atoms with Crippen molar-refractivity contribution in [2.75, 3.05) is 24.5 Å². The van der Waals surface area contributed by atoms with Crippen LogP contribution in [-0.4, -0.2) is 24.8 Å². The molecule has 0 fully saturated rings. The van der Waals surface area contributed by atoms with Gasteiger partial charge in [-0.15, -0.1) is 0 Å². The molecule has 0 aliphatic carbocycles. The molecule has 2 aromatic carbocycles. The second kappa shape index (κ2) is 7.25. The smallest absolute Gasteiger partial charge is 0.274 e. The second-order valence-electron chi connectivity index (χ2n) is 5.81. The van der Waals surface area contributed by atoms with Gasteiger partial charge in [0.25, 0.3) is 5.91 Å². The summed E-state index contributed by atoms with van der Waals surface area (Å²) in [7, 11) is 1.58. The van der Waals surface area contributed by atoms with E-state index >= 15 is 0 Å². The monoisotopic (exact) mass is 363 g/mol. The van der Waals surface area contributed by atoms with Crippen LogP contribution in [0.4, 0.5) is 17.1 Å². The highest BCUT2D eigenvalue weighted by atomic mass is 16.7. The molecule has 2 N–H and O–H groups in total. The summed E-state index contributed by atoms with van der Waals surface area (Å²) in [6.45, 7) is 0.225. The highest BCUT2D eigenvalue weighted by molar-refractivity contribution is 6.03. The van der Waals surface area contributed by atoms with Crippen LogP contribution in [-0.2, 0) is 0 Å². The third kappa shape index (κ3) is 3.77. The average Bonchev–Trinajstić information content (AvgIpc) is 3.16. The highest BCUT2D eigenvalue weighted by Crippen LogP contribution is 2.35. The first-order valence-corrected chi connectivity index (χ1v) is 8.29. The van der Waals surface area contributed by atoms with Gasteiger partial charge in [0.2, 0.25) is 6.79 Å². The van der Waals surface area contributed by atoms with Gasteiger partial charge in [-0.1, -0.05) is 6.07 Å². The Morgan fingerprint density at radius 3 is 2.74 bits per heavy atom. The van der Waals surface area contributed by atoms with Crippen LogP contribution in [0.15, 0.2) is 60.8 Å². The number of fused-ring (bicyclic) bond motifs is 1. The van der Waals surface area contributed by atoms with E-state index in [-0.39, 0.29) is 12.7 Å². The molecular formula is C20H17N3O4. The number of aromatic nitrogens is 1. The lowest BCUT2D eigenvalue weighted by atomic mass is 10.2. The maximum atomic E-state index is 12.5. The first-order chi connectivity index (χ1) is 13.2. The first kappa shape index (κ1) is 16.7. The van der Waals surface area contributed by atoms with E-state index in [0.29, 0.717) is 28.6 Å². The van der Waals surface area contributed by atoms with Crippen molar-refractivity contribution in [2.45, 2.75) is 0 Å². The topological polar surface area (TPSA) is 81.7 Å². The Bertz CT molecular complexity index is 990. The van der Waals surface area contributed by atoms with Gasteiger partial charge in [0.15, 0.2) is 11.5 Å². The lowest BCUT2D eigenvalue weighted by Crippen LogP contribution is -2.13. The molecule has 0 saturated carbocycles. The van der Waals surface area contributed by atoms with Crippen molar-refractivity contribution in [2.24, 2.45) is 0 Å². The number of nitrogens with one attached hydrogen (secondary N) is 2. The Balaban J connectivity index is 1.49. The molecule has 0 radical (unpaired) electrons. The van der Waals surface area contributed by atoms with E-state index in [1.54, 1.807) is 43.6 Å². The number of rotatable bonds is 5. The van der Waals surface area contributed by atoms with Crippen LogP contribution in [0.3, 0.4) is 0 Å². The molecule has 4 rings (SSSR count). The summed E-state index contributed by atoms with van der Waals surface area (Å²) in [5, 5.41) is 6.05. The van der Waals surface area contributed by atoms with Crippen molar-refractivity contribution in [3.8, 4) is 17.2 Å². The fraction of sp³-hybridized carbons (Fsp3) is 0.100. The van der Waals surface area contributed by atoms with E-state index in [1.807, 2.05) is 24.3 Å². The summed E-state index contributed by atoms with van der Waals surface area (Å²) in [4.78, 5) is 16.6. The van der Waals surface area contributed by atoms with Gasteiger partial charge in [-0.2, -0.15) is 0 Å². The number of carbonyl (C=O) groups is 1. The third-order valence-corrected chi connectivity index (χ3v) is 3.98. The van der Waals surface area contributed by atoms with Gasteiger partial charge in [-0.05, 0) is 36.4 Å². The van der Waals surface area contributed by atoms with Crippen molar-refractivity contribution in [3.05, 3.63) is 66.5 Å². The number of amides is 1. The minimum atomic E-state index is -0.308. The number of methoxy groups -OCH3 is 1. The SMILES string of the molecule is COc1cccc(NC(=O)c2cc(Nc3ccc4c(c3)OCO4)ccn2)c1. The van der Waals surface area contributed by atoms with Crippen molar-refractivity contribution < 1.29 is 19.0 Å². The third-order valence-electron chi connectivity index (χ3n) is 3.98. The average molecular weight is 363 g/mol. The maximum absolute atomic E-state index is 12.5. The molecule has 0 unspecified atom stereocenters. The number of hydrogen-bond donors (Lipinski definition) is 2. The Morgan fingerprint density at radius 2 is 1.85 bits per heavy atom. The predicted octanol–water partition coefficient (Wildman–Crippen LogP) is 3.81. The van der Waals surface area contributed by atoms with Crippen LogP contribution in [0.2, 0.25) is 0 Å². The van der Waals surface area contributed by atoms with E-state index in [1.165, 1.54) is 0 Å². The summed E-state index contributed by atoms with van der Waals surface area (Å²) >= 11 is 0. The lowest BCUT2D eigenvalue weighted by Gasteiger charge is -2.10. The lowest BCUT2D eigenvalue weighted by molar-refractivity contribution is 0.102. The molecular weight excluding hydrogens is 346 g/mol. The largest absolute Gasteiger partial charge is 0.497 e. The number of pyridine rings is 1. The molecule has 136 valence electrons. The van der Waals surface area contributed by atoms with Gasteiger partial charge in [0.1, 0.15) is 11.4 Å². The van der Waals surface area contributed by atoms with Gasteiger partial charge in [0, 0.05) is 35.4 Å². The Morgan fingerprint density at radius 1 is 1.00 bits per heavy atom. The predicted molar refractivity (Wildman–Crippen MR) is 101 cm³/mol. The number of nitrogens with zero attached hydrogens (tertiary/aromatic N) is 1. The van der Waals surface area contributed by atoms with Crippen molar-refractivity contribution in [1.29, 1.82) is 0 Å². The Kier molecular flexibility index (Phi) is 4.49. The molecule has 0 bridgehead atoms. The number of ether oxygens (including phenoxy) is 3. The fourth-order valence-corrected chi connectivity index (χ4v) is 2.67. The molecule has 1 aliphatic rings. The summed E-state index contributed by atoms with van der Waals surface area (Å²) in [6.07, 6.45) is 1.58. The minimum Gasteiger partial charge on any atom is -0.497 e. The van der Waals surface area contributed by atoms with Crippen LogP contribution < -0.4 is 24.8 Å². The molecule has 2 heterocycles. The molecule has 1 aromatic heterocycles. The zero-order valence-electron chi connectivity index (χ0n) is 14.6. The first-order valence-electron chi connectivity index (χ1n) is 8.29. The second-order valence-corrected chi connectivity index (χ2v) is 5.81. The quantitative estimate of drug-likeness (QED) is 0.717. The van der Waals surface area contributed by atoms with E-state index < -0.39 is 0 Å². The van der Waals surface area contributed by atoms with Crippen molar-refractivity contribution >= 4 is 23.0 Å². The molecule has 7 nitrogen and oxygen atoms in total. The summed E-state index contributed by atoms with van der Waals surface area (Å²) < 4.78 is 15.8. The number of carbonyl (C=O) groups excluding carboxylic acids is 1. The van der Waals surface area contributed by atoms with Crippen LogP contribution in [0.1, 0.15) is 10.5 Å². The zero-order chi connectivity index (χ0) is 18.6. The molecule has 0 spiro atoms. The van der Waals surface area contributed by atoms with E-state index in [2.05, 4.69) is 15.6 Å². The van der Waals surface area contributed by atoms with E-state index in [9.17, 15) is 4.79 Å². The summed E-state index contributed by atoms with van der Waals surface area (Å²) in [5.74, 6) is 1.76. The van der Waals surface area contributed by atoms with Gasteiger partial charge >= 0.3 is 0 Å². The van der Waals surface area contributed by atoms with Crippen LogP contribution >= 0.6 is 0 Å². The molecule has 0 atom stereocenters. The Labute approximate surface area is 155 Å². The molecule has 1 aliphatic heterocycles. The summed E-state index contributed by atoms with van der Waals surface area (Å²) in [5.41, 5.74) is 2.49. The molecule has 3 aromatic rings. The number of hydrogen-bond acceptors (Lipinski definition) is 6. The fourth-order valence-electron chi connectivity index (χ4n) is 2.67. The molecule has 7 heteroatoms. The van der Waals surface area contributed by atoms with Crippen molar-refractivity contribution in [1.82, 2.24) is 4.98 Å². The van der Waals surface area contributed by atoms with Crippen molar-refractivity contribution in [3.63, 3.8) is 0 Å². The van der Waals surface area contributed by atoms with Gasteiger partial charge in [0.05, 0.1) is 7.11 Å². The maximum Gasteiger partial charge on any atom is 0.274 e. The van der Waals surface area contributed by atoms with Gasteiger partial charge in [-0.25, -0.2) is 0 Å². The summed E-state index contributed by atoms with van der Waals surface area (Å²) in [6, 6.07) is 16.2. The molecule has 27 heavy (non-hydrogen) atoms. The minimum absolute atomic E-state index is 0.225.